The molecule has 0 amide bonds. The summed E-state index contributed by atoms with van der Waals surface area (Å²) in [6.45, 7) is 5.35. The standard InChI is InChI=1S/C23H29N7O7/c1-21(2,33)13(6-5-8-24)30-18(32)14-17(28-20(30)26)29(11-27-14)19-16-15(12(10-31)35-19)36-23(37-16,7-9-25)22(3,4)34/h6,11-12,15-16,19,31,33-34H,5,7,10H2,1-4H3,(H2,26,28)/b13-6+/t12-,15-,16-,19-,23?/m1/s1. The third-order valence-corrected chi connectivity index (χ3v) is 6.51. The minimum Gasteiger partial charge on any atom is -0.394 e. The Hall–Kier alpha value is -3.37. The quantitative estimate of drug-likeness (QED) is 0.376. The number of anilines is 1. The lowest BCUT2D eigenvalue weighted by Gasteiger charge is -2.38. The summed E-state index contributed by atoms with van der Waals surface area (Å²) < 4.78 is 20.5. The maximum atomic E-state index is 13.4. The van der Waals surface area contributed by atoms with Gasteiger partial charge in [0.15, 0.2) is 17.4 Å². The summed E-state index contributed by atoms with van der Waals surface area (Å²) >= 11 is 0. The first-order valence-corrected chi connectivity index (χ1v) is 11.6. The van der Waals surface area contributed by atoms with E-state index in [4.69, 9.17) is 25.2 Å². The molecule has 4 heterocycles. The lowest BCUT2D eigenvalue weighted by Crippen LogP contribution is -2.52. The van der Waals surface area contributed by atoms with Crippen LogP contribution in [0.4, 0.5) is 5.95 Å². The smallest absolute Gasteiger partial charge is 0.287 e. The molecule has 2 aromatic heterocycles. The SMILES string of the molecule is CC(C)(O)/C(=C\CC#N)n1c(N)nc2c(ncn2[C@@H]2O[C@H](CO)[C@H]3OC(CC#N)(C(C)(C)O)O[C@H]32)c1=O. The number of aliphatic hydroxyl groups excluding tert-OH is 1. The van der Waals surface area contributed by atoms with Gasteiger partial charge in [-0.15, -0.1) is 0 Å². The molecule has 2 aliphatic rings. The van der Waals surface area contributed by atoms with Gasteiger partial charge in [0.1, 0.15) is 23.9 Å². The van der Waals surface area contributed by atoms with Gasteiger partial charge in [-0.05, 0) is 33.8 Å². The van der Waals surface area contributed by atoms with Crippen LogP contribution in [0.1, 0.15) is 46.8 Å². The second kappa shape index (κ2) is 9.18. The molecule has 4 rings (SSSR count). The molecule has 1 unspecified atom stereocenters. The summed E-state index contributed by atoms with van der Waals surface area (Å²) in [6, 6.07) is 3.90. The van der Waals surface area contributed by atoms with Crippen molar-refractivity contribution in [2.75, 3.05) is 12.3 Å². The Bertz CT molecular complexity index is 1370. The van der Waals surface area contributed by atoms with Crippen molar-refractivity contribution >= 4 is 22.8 Å². The number of nitriles is 2. The number of nitrogens with zero attached hydrogens (tertiary/aromatic N) is 6. The molecule has 14 nitrogen and oxygen atoms in total. The van der Waals surface area contributed by atoms with Gasteiger partial charge in [0.2, 0.25) is 11.7 Å². The van der Waals surface area contributed by atoms with Gasteiger partial charge >= 0.3 is 0 Å². The van der Waals surface area contributed by atoms with E-state index < -0.39 is 53.7 Å². The van der Waals surface area contributed by atoms with Crippen molar-refractivity contribution in [3.8, 4) is 12.1 Å². The van der Waals surface area contributed by atoms with Crippen LogP contribution in [0.3, 0.4) is 0 Å². The first-order chi connectivity index (χ1) is 17.3. The fourth-order valence-electron chi connectivity index (χ4n) is 4.67. The molecule has 198 valence electrons. The van der Waals surface area contributed by atoms with Crippen molar-refractivity contribution in [2.24, 2.45) is 0 Å². The molecule has 14 heteroatoms. The number of imidazole rings is 1. The van der Waals surface area contributed by atoms with Crippen molar-refractivity contribution in [1.82, 2.24) is 19.1 Å². The molecule has 2 aromatic rings. The molecule has 0 bridgehead atoms. The number of ether oxygens (including phenoxy) is 3. The van der Waals surface area contributed by atoms with Crippen molar-refractivity contribution in [1.29, 1.82) is 10.5 Å². The molecule has 5 N–H and O–H groups in total. The molecule has 5 atom stereocenters. The summed E-state index contributed by atoms with van der Waals surface area (Å²) in [5.74, 6) is -1.95. The maximum Gasteiger partial charge on any atom is 0.287 e. The number of hydrogen-bond donors (Lipinski definition) is 4. The van der Waals surface area contributed by atoms with Crippen LogP contribution >= 0.6 is 0 Å². The van der Waals surface area contributed by atoms with E-state index >= 15 is 0 Å². The first-order valence-electron chi connectivity index (χ1n) is 11.6. The van der Waals surface area contributed by atoms with E-state index in [1.54, 1.807) is 0 Å². The molecule has 2 fully saturated rings. The summed E-state index contributed by atoms with van der Waals surface area (Å²) in [6.07, 6.45) is -1.31. The minimum atomic E-state index is -1.69. The third-order valence-electron chi connectivity index (χ3n) is 6.51. The van der Waals surface area contributed by atoms with Crippen molar-refractivity contribution in [3.63, 3.8) is 0 Å². The van der Waals surface area contributed by atoms with Gasteiger partial charge in [0.05, 0.1) is 49.2 Å². The highest BCUT2D eigenvalue weighted by Gasteiger charge is 2.63. The number of aliphatic hydroxyl groups is 3. The summed E-state index contributed by atoms with van der Waals surface area (Å²) in [5, 5.41) is 49.6. The summed E-state index contributed by atoms with van der Waals surface area (Å²) in [7, 11) is 0. The van der Waals surface area contributed by atoms with Gasteiger partial charge in [-0.25, -0.2) is 9.55 Å². The first kappa shape index (κ1) is 26.7. The van der Waals surface area contributed by atoms with Crippen LogP contribution in [-0.2, 0) is 14.2 Å². The Labute approximate surface area is 211 Å². The number of aromatic nitrogens is 4. The number of fused-ring (bicyclic) bond motifs is 2. The van der Waals surface area contributed by atoms with Gasteiger partial charge in [0, 0.05) is 0 Å². The molecule has 0 aromatic carbocycles. The highest BCUT2D eigenvalue weighted by atomic mass is 16.8. The van der Waals surface area contributed by atoms with Crippen LogP contribution in [0.2, 0.25) is 0 Å². The van der Waals surface area contributed by atoms with Gasteiger partial charge in [-0.2, -0.15) is 15.5 Å². The number of allylic oxidation sites excluding steroid dienone is 1. The zero-order valence-corrected chi connectivity index (χ0v) is 20.8. The zero-order chi connectivity index (χ0) is 27.3. The van der Waals surface area contributed by atoms with Crippen LogP contribution in [0.25, 0.3) is 16.9 Å². The fourth-order valence-corrected chi connectivity index (χ4v) is 4.67. The number of hydrogen-bond acceptors (Lipinski definition) is 12. The average Bonchev–Trinajstić information content (AvgIpc) is 3.47. The van der Waals surface area contributed by atoms with Crippen LogP contribution < -0.4 is 11.3 Å². The van der Waals surface area contributed by atoms with E-state index in [-0.39, 0.29) is 35.7 Å². The van der Waals surface area contributed by atoms with Crippen molar-refractivity contribution < 1.29 is 29.5 Å². The van der Waals surface area contributed by atoms with Gasteiger partial charge in [-0.1, -0.05) is 0 Å². The predicted octanol–water partition coefficient (Wildman–Crippen LogP) is -0.245. The maximum absolute atomic E-state index is 13.4. The molecule has 2 aliphatic heterocycles. The average molecular weight is 516 g/mol. The van der Waals surface area contributed by atoms with Gasteiger partial charge in [-0.3, -0.25) is 9.36 Å². The lowest BCUT2D eigenvalue weighted by atomic mass is 9.95. The number of nitrogens with two attached hydrogens (primary N) is 1. The fraction of sp³-hybridized carbons (Fsp3) is 0.609. The van der Waals surface area contributed by atoms with Crippen molar-refractivity contribution in [3.05, 3.63) is 22.8 Å². The van der Waals surface area contributed by atoms with E-state index in [1.165, 1.54) is 44.7 Å². The van der Waals surface area contributed by atoms with E-state index in [0.29, 0.717) is 0 Å². The Morgan fingerprint density at radius 2 is 1.92 bits per heavy atom. The molecule has 0 spiro atoms. The van der Waals surface area contributed by atoms with E-state index in [2.05, 4.69) is 9.97 Å². The monoisotopic (exact) mass is 515 g/mol. The normalized spacial score (nSPS) is 28.3. The topological polar surface area (TPSA) is 215 Å². The van der Waals surface area contributed by atoms with E-state index in [1.807, 2.05) is 12.1 Å². The lowest BCUT2D eigenvalue weighted by molar-refractivity contribution is -0.288. The molecular formula is C23H29N7O7. The predicted molar refractivity (Wildman–Crippen MR) is 127 cm³/mol. The van der Waals surface area contributed by atoms with Crippen LogP contribution in [0.15, 0.2) is 17.2 Å². The number of rotatable bonds is 7. The summed E-state index contributed by atoms with van der Waals surface area (Å²) in [5.41, 5.74) is 2.38. The molecule has 2 saturated heterocycles. The van der Waals surface area contributed by atoms with E-state index in [9.17, 15) is 25.4 Å². The minimum absolute atomic E-state index is 0.0427. The highest BCUT2D eigenvalue weighted by molar-refractivity contribution is 5.74. The zero-order valence-electron chi connectivity index (χ0n) is 20.8. The molecule has 0 saturated carbocycles. The molecule has 37 heavy (non-hydrogen) atoms. The molecular weight excluding hydrogens is 486 g/mol. The second-order valence-electron chi connectivity index (χ2n) is 10.0. The molecule has 0 radical (unpaired) electrons. The third kappa shape index (κ3) is 4.27. The Morgan fingerprint density at radius 3 is 2.49 bits per heavy atom. The van der Waals surface area contributed by atoms with Gasteiger partial charge < -0.3 is 35.3 Å². The Kier molecular flexibility index (Phi) is 6.62. The van der Waals surface area contributed by atoms with Crippen molar-refractivity contribution in [2.45, 2.75) is 82.1 Å². The summed E-state index contributed by atoms with van der Waals surface area (Å²) in [4.78, 5) is 22.0. The van der Waals surface area contributed by atoms with Crippen LogP contribution in [-0.4, -0.2) is 76.3 Å². The van der Waals surface area contributed by atoms with Gasteiger partial charge in [0.25, 0.3) is 5.56 Å². The van der Waals surface area contributed by atoms with Crippen LogP contribution in [0, 0.1) is 22.7 Å². The Morgan fingerprint density at radius 1 is 1.24 bits per heavy atom. The Balaban J connectivity index is 1.82. The van der Waals surface area contributed by atoms with E-state index in [0.717, 1.165) is 4.57 Å². The van der Waals surface area contributed by atoms with Crippen LogP contribution in [0.5, 0.6) is 0 Å². The molecule has 0 aliphatic carbocycles. The number of nitrogen functional groups attached to an aromatic ring is 1. The highest BCUT2D eigenvalue weighted by Crippen LogP contribution is 2.48. The largest absolute Gasteiger partial charge is 0.394 e. The second-order valence-corrected chi connectivity index (χ2v) is 10.0.